The summed E-state index contributed by atoms with van der Waals surface area (Å²) in [4.78, 5) is 10.5. The minimum absolute atomic E-state index is 0.00138. The highest BCUT2D eigenvalue weighted by molar-refractivity contribution is 9.10. The van der Waals surface area contributed by atoms with Crippen molar-refractivity contribution in [2.24, 2.45) is 0 Å². The lowest BCUT2D eigenvalue weighted by atomic mass is 9.93. The summed E-state index contributed by atoms with van der Waals surface area (Å²) in [6, 6.07) is 2.75. The van der Waals surface area contributed by atoms with Crippen molar-refractivity contribution < 1.29 is 22.8 Å². The zero-order valence-electron chi connectivity index (χ0n) is 12.1. The molecule has 0 saturated carbocycles. The van der Waals surface area contributed by atoms with Gasteiger partial charge in [0.25, 0.3) is 0 Å². The smallest absolute Gasteiger partial charge is 0.389 e. The van der Waals surface area contributed by atoms with E-state index in [1.54, 1.807) is 0 Å². The van der Waals surface area contributed by atoms with Gasteiger partial charge in [0.1, 0.15) is 6.61 Å². The fourth-order valence-corrected chi connectivity index (χ4v) is 2.49. The maximum Gasteiger partial charge on any atom is 0.389 e. The van der Waals surface area contributed by atoms with Crippen LogP contribution in [-0.4, -0.2) is 17.7 Å². The Balaban J connectivity index is 3.31. The first-order valence-corrected chi connectivity index (χ1v) is 7.39. The molecule has 0 heterocycles. The van der Waals surface area contributed by atoms with E-state index in [-0.39, 0.29) is 30.0 Å². The van der Waals surface area contributed by atoms with Crippen LogP contribution in [0.2, 0.25) is 0 Å². The van der Waals surface area contributed by atoms with Gasteiger partial charge in [-0.3, -0.25) is 10.1 Å². The molecule has 0 unspecified atom stereocenters. The second-order valence-corrected chi connectivity index (χ2v) is 5.61. The molecule has 23 heavy (non-hydrogen) atoms. The summed E-state index contributed by atoms with van der Waals surface area (Å²) in [5, 5.41) is 11.2. The van der Waals surface area contributed by atoms with Crippen molar-refractivity contribution in [3.05, 3.63) is 57.6 Å². The Hall–Kier alpha value is -1.83. The third kappa shape index (κ3) is 5.70. The molecule has 4 nitrogen and oxygen atoms in total. The number of hydrogen-bond donors (Lipinski definition) is 0. The molecule has 1 aromatic carbocycles. The molecule has 1 atom stereocenters. The van der Waals surface area contributed by atoms with Crippen LogP contribution in [0.5, 0.6) is 5.75 Å². The quantitative estimate of drug-likeness (QED) is 0.331. The van der Waals surface area contributed by atoms with E-state index >= 15 is 0 Å². The molecule has 0 amide bonds. The third-order valence-electron chi connectivity index (χ3n) is 3.03. The monoisotopic (exact) mass is 393 g/mol. The van der Waals surface area contributed by atoms with Gasteiger partial charge in [0.05, 0.1) is 4.92 Å². The minimum atomic E-state index is -4.32. The van der Waals surface area contributed by atoms with Crippen LogP contribution in [0.25, 0.3) is 0 Å². The van der Waals surface area contributed by atoms with Crippen LogP contribution in [0.3, 0.4) is 0 Å². The number of halogens is 4. The normalized spacial score (nSPS) is 12.5. The van der Waals surface area contributed by atoms with Gasteiger partial charge in [-0.05, 0) is 12.5 Å². The Kier molecular flexibility index (Phi) is 6.80. The SMILES string of the molecule is C=CCOc1c([C@@H](C=C)CCC(F)(F)F)cc(Br)cc1[N+](=O)[O-]. The maximum absolute atomic E-state index is 12.5. The van der Waals surface area contributed by atoms with Gasteiger partial charge >= 0.3 is 11.9 Å². The number of nitrogens with zero attached hydrogens (tertiary/aromatic N) is 1. The molecule has 0 aromatic heterocycles. The number of allylic oxidation sites excluding steroid dienone is 1. The van der Waals surface area contributed by atoms with Gasteiger partial charge in [-0.25, -0.2) is 0 Å². The Morgan fingerprint density at radius 2 is 2.04 bits per heavy atom. The molecular formula is C15H15BrF3NO3. The molecule has 0 aliphatic carbocycles. The van der Waals surface area contributed by atoms with Crippen LogP contribution in [0, 0.1) is 10.1 Å². The topological polar surface area (TPSA) is 52.4 Å². The van der Waals surface area contributed by atoms with E-state index in [1.807, 2.05) is 0 Å². The van der Waals surface area contributed by atoms with E-state index in [0.717, 1.165) is 0 Å². The predicted octanol–water partition coefficient (Wildman–Crippen LogP) is 5.53. The van der Waals surface area contributed by atoms with E-state index in [1.165, 1.54) is 24.3 Å². The number of benzene rings is 1. The average molecular weight is 394 g/mol. The Morgan fingerprint density at radius 3 is 2.52 bits per heavy atom. The summed E-state index contributed by atoms with van der Waals surface area (Å²) in [5.41, 5.74) is -0.0396. The molecule has 8 heteroatoms. The zero-order valence-corrected chi connectivity index (χ0v) is 13.7. The minimum Gasteiger partial charge on any atom is -0.482 e. The molecule has 0 aliphatic rings. The number of alkyl halides is 3. The van der Waals surface area contributed by atoms with E-state index in [4.69, 9.17) is 4.74 Å². The van der Waals surface area contributed by atoms with Crippen molar-refractivity contribution >= 4 is 21.6 Å². The molecule has 0 fully saturated rings. The van der Waals surface area contributed by atoms with Crippen LogP contribution in [0.4, 0.5) is 18.9 Å². The molecule has 0 spiro atoms. The molecule has 0 N–H and O–H groups in total. The Bertz CT molecular complexity index is 602. The second kappa shape index (κ2) is 8.14. The highest BCUT2D eigenvalue weighted by atomic mass is 79.9. The lowest BCUT2D eigenvalue weighted by Crippen LogP contribution is -2.11. The molecule has 126 valence electrons. The van der Waals surface area contributed by atoms with Crippen molar-refractivity contribution in [1.82, 2.24) is 0 Å². The highest BCUT2D eigenvalue weighted by Gasteiger charge is 2.30. The van der Waals surface area contributed by atoms with Crippen LogP contribution >= 0.6 is 15.9 Å². The van der Waals surface area contributed by atoms with Crippen LogP contribution in [0.15, 0.2) is 41.9 Å². The summed E-state index contributed by atoms with van der Waals surface area (Å²) in [5.74, 6) is -0.794. The van der Waals surface area contributed by atoms with Gasteiger partial charge in [-0.15, -0.1) is 6.58 Å². The highest BCUT2D eigenvalue weighted by Crippen LogP contribution is 2.41. The first-order valence-electron chi connectivity index (χ1n) is 6.60. The van der Waals surface area contributed by atoms with E-state index in [9.17, 15) is 23.3 Å². The van der Waals surface area contributed by atoms with E-state index in [2.05, 4.69) is 29.1 Å². The van der Waals surface area contributed by atoms with Crippen molar-refractivity contribution in [3.63, 3.8) is 0 Å². The lowest BCUT2D eigenvalue weighted by Gasteiger charge is -2.18. The predicted molar refractivity (Wildman–Crippen MR) is 84.7 cm³/mol. The van der Waals surface area contributed by atoms with E-state index < -0.39 is 23.4 Å². The van der Waals surface area contributed by atoms with Crippen molar-refractivity contribution in [3.8, 4) is 5.75 Å². The summed E-state index contributed by atoms with van der Waals surface area (Å²) < 4.78 is 43.1. The zero-order chi connectivity index (χ0) is 17.6. The third-order valence-corrected chi connectivity index (χ3v) is 3.49. The summed E-state index contributed by atoms with van der Waals surface area (Å²) in [7, 11) is 0. The van der Waals surface area contributed by atoms with Gasteiger partial charge in [0.15, 0.2) is 0 Å². The number of rotatable bonds is 8. The fraction of sp³-hybridized carbons (Fsp3) is 0.333. The van der Waals surface area contributed by atoms with Crippen LogP contribution in [0.1, 0.15) is 24.3 Å². The molecule has 0 bridgehead atoms. The molecule has 1 aromatic rings. The van der Waals surface area contributed by atoms with Gasteiger partial charge in [-0.1, -0.05) is 34.7 Å². The Labute approximate surface area is 139 Å². The van der Waals surface area contributed by atoms with Gasteiger partial charge in [0.2, 0.25) is 5.75 Å². The molecule has 1 rings (SSSR count). The number of nitro benzene ring substituents is 1. The standard InChI is InChI=1S/C15H15BrF3NO3/c1-3-7-23-14-12(8-11(16)9-13(14)20(21)22)10(4-2)5-6-15(17,18)19/h3-4,8-10H,1-2,5-7H2/t10-/m0/s1. The summed E-state index contributed by atoms with van der Waals surface area (Å²) >= 11 is 3.14. The fourth-order valence-electron chi connectivity index (χ4n) is 2.03. The molecule has 0 radical (unpaired) electrons. The lowest BCUT2D eigenvalue weighted by molar-refractivity contribution is -0.386. The second-order valence-electron chi connectivity index (χ2n) is 4.70. The van der Waals surface area contributed by atoms with E-state index in [0.29, 0.717) is 4.47 Å². The van der Waals surface area contributed by atoms with Crippen molar-refractivity contribution in [2.45, 2.75) is 24.9 Å². The van der Waals surface area contributed by atoms with Gasteiger partial charge < -0.3 is 4.74 Å². The summed E-state index contributed by atoms with van der Waals surface area (Å²) in [6.07, 6.45) is -2.89. The maximum atomic E-state index is 12.5. The van der Waals surface area contributed by atoms with Gasteiger partial charge in [0, 0.05) is 28.4 Å². The average Bonchev–Trinajstić information content (AvgIpc) is 2.45. The van der Waals surface area contributed by atoms with Gasteiger partial charge in [-0.2, -0.15) is 13.2 Å². The van der Waals surface area contributed by atoms with Crippen LogP contribution < -0.4 is 4.74 Å². The largest absolute Gasteiger partial charge is 0.482 e. The Morgan fingerprint density at radius 1 is 1.39 bits per heavy atom. The molecule has 0 aliphatic heterocycles. The van der Waals surface area contributed by atoms with Crippen molar-refractivity contribution in [1.29, 1.82) is 0 Å². The van der Waals surface area contributed by atoms with Crippen molar-refractivity contribution in [2.75, 3.05) is 6.61 Å². The number of hydrogen-bond acceptors (Lipinski definition) is 3. The number of nitro groups is 1. The number of ether oxygens (including phenoxy) is 1. The first-order chi connectivity index (χ1) is 10.7. The van der Waals surface area contributed by atoms with Crippen LogP contribution in [-0.2, 0) is 0 Å². The summed E-state index contributed by atoms with van der Waals surface area (Å²) in [6.45, 7) is 6.99. The molecular weight excluding hydrogens is 379 g/mol. The first kappa shape index (κ1) is 19.2. The molecule has 0 saturated heterocycles.